The summed E-state index contributed by atoms with van der Waals surface area (Å²) < 4.78 is 23.3. The van der Waals surface area contributed by atoms with E-state index in [9.17, 15) is 9.18 Å². The van der Waals surface area contributed by atoms with Crippen LogP contribution in [0, 0.1) is 6.92 Å². The van der Waals surface area contributed by atoms with E-state index in [1.807, 2.05) is 0 Å². The van der Waals surface area contributed by atoms with Gasteiger partial charge in [-0.05, 0) is 24.6 Å². The first kappa shape index (κ1) is 8.99. The summed E-state index contributed by atoms with van der Waals surface area (Å²) in [5, 5.41) is 0. The van der Waals surface area contributed by atoms with E-state index < -0.39 is 6.17 Å². The zero-order valence-corrected chi connectivity index (χ0v) is 7.62. The van der Waals surface area contributed by atoms with Crippen LogP contribution < -0.4 is 9.47 Å². The Labute approximate surface area is 80.4 Å². The Hall–Kier alpha value is -1.58. The van der Waals surface area contributed by atoms with Gasteiger partial charge in [0, 0.05) is 5.56 Å². The number of hydrogen-bond donors (Lipinski definition) is 0. The van der Waals surface area contributed by atoms with Crippen molar-refractivity contribution in [3.63, 3.8) is 0 Å². The van der Waals surface area contributed by atoms with Gasteiger partial charge >= 0.3 is 0 Å². The van der Waals surface area contributed by atoms with Crippen molar-refractivity contribution in [1.29, 1.82) is 0 Å². The van der Waals surface area contributed by atoms with Crippen LogP contribution in [0.25, 0.3) is 0 Å². The Morgan fingerprint density at radius 1 is 1.43 bits per heavy atom. The molecule has 0 spiro atoms. The fraction of sp³-hybridized carbons (Fsp3) is 0.300. The molecule has 1 unspecified atom stereocenters. The summed E-state index contributed by atoms with van der Waals surface area (Å²) in [6.45, 7) is 1.88. The third kappa shape index (κ3) is 1.32. The van der Waals surface area contributed by atoms with Crippen molar-refractivity contribution in [3.8, 4) is 11.5 Å². The summed E-state index contributed by atoms with van der Waals surface area (Å²) in [4.78, 5) is 10.3. The van der Waals surface area contributed by atoms with Crippen molar-refractivity contribution < 1.29 is 18.7 Å². The Morgan fingerprint density at radius 2 is 2.07 bits per heavy atom. The average Bonchev–Trinajstić information content (AvgIpc) is 2.62. The van der Waals surface area contributed by atoms with E-state index in [-0.39, 0.29) is 13.1 Å². The lowest BCUT2D eigenvalue weighted by Gasteiger charge is -2.06. The largest absolute Gasteiger partial charge is 0.454 e. The summed E-state index contributed by atoms with van der Waals surface area (Å²) in [5.41, 5.74) is 1.03. The molecule has 1 atom stereocenters. The van der Waals surface area contributed by atoms with E-state index in [2.05, 4.69) is 0 Å². The summed E-state index contributed by atoms with van der Waals surface area (Å²) in [7, 11) is 0. The van der Waals surface area contributed by atoms with Gasteiger partial charge in [-0.2, -0.15) is 0 Å². The van der Waals surface area contributed by atoms with Crippen LogP contribution in [0.3, 0.4) is 0 Å². The molecular weight excluding hydrogens is 187 g/mol. The molecule has 2 rings (SSSR count). The van der Waals surface area contributed by atoms with Crippen LogP contribution >= 0.6 is 0 Å². The smallest absolute Gasteiger partial charge is 0.231 e. The first-order valence-electron chi connectivity index (χ1n) is 4.22. The predicted octanol–water partition coefficient (Wildman–Crippen LogP) is 1.93. The molecule has 74 valence electrons. The van der Waals surface area contributed by atoms with Crippen molar-refractivity contribution in [2.45, 2.75) is 13.1 Å². The number of alkyl halides is 1. The average molecular weight is 196 g/mol. The Kier molecular flexibility index (Phi) is 2.11. The first-order chi connectivity index (χ1) is 6.72. The lowest BCUT2D eigenvalue weighted by Crippen LogP contribution is -1.96. The number of carbonyl (C=O) groups excluding carboxylic acids is 1. The highest BCUT2D eigenvalue weighted by Gasteiger charge is 2.19. The van der Waals surface area contributed by atoms with Gasteiger partial charge in [0.1, 0.15) is 0 Å². The SMILES string of the molecule is Cc1cc2c(cc1C(F)C=O)OCO2. The van der Waals surface area contributed by atoms with Gasteiger partial charge in [-0.3, -0.25) is 4.79 Å². The van der Waals surface area contributed by atoms with E-state index in [1.165, 1.54) is 6.07 Å². The third-order valence-corrected chi connectivity index (χ3v) is 2.18. The lowest BCUT2D eigenvalue weighted by atomic mass is 10.0. The standard InChI is InChI=1S/C10H9FO3/c1-6-2-9-10(14-5-13-9)3-7(6)8(11)4-12/h2-4,8H,5H2,1H3. The van der Waals surface area contributed by atoms with Crippen LogP contribution in [-0.4, -0.2) is 13.1 Å². The Morgan fingerprint density at radius 3 is 2.71 bits per heavy atom. The van der Waals surface area contributed by atoms with Gasteiger partial charge in [0.15, 0.2) is 24.0 Å². The predicted molar refractivity (Wildman–Crippen MR) is 47.2 cm³/mol. The number of aryl methyl sites for hydroxylation is 1. The minimum Gasteiger partial charge on any atom is -0.454 e. The third-order valence-electron chi connectivity index (χ3n) is 2.18. The van der Waals surface area contributed by atoms with E-state index in [0.717, 1.165) is 0 Å². The summed E-state index contributed by atoms with van der Waals surface area (Å²) >= 11 is 0. The Balaban J connectivity index is 2.47. The number of aldehydes is 1. The molecule has 0 fully saturated rings. The summed E-state index contributed by atoms with van der Waals surface area (Å²) in [6.07, 6.45) is -1.32. The van der Waals surface area contributed by atoms with Crippen LogP contribution in [0.1, 0.15) is 17.3 Å². The van der Waals surface area contributed by atoms with Crippen LogP contribution in [0.5, 0.6) is 11.5 Å². The lowest BCUT2D eigenvalue weighted by molar-refractivity contribution is -0.112. The van der Waals surface area contributed by atoms with Gasteiger partial charge in [0.05, 0.1) is 0 Å². The van der Waals surface area contributed by atoms with Crippen molar-refractivity contribution >= 4 is 6.29 Å². The highest BCUT2D eigenvalue weighted by Crippen LogP contribution is 2.36. The minimum atomic E-state index is -1.59. The molecule has 14 heavy (non-hydrogen) atoms. The van der Waals surface area contributed by atoms with Gasteiger partial charge in [-0.25, -0.2) is 4.39 Å². The molecule has 1 heterocycles. The van der Waals surface area contributed by atoms with E-state index in [4.69, 9.17) is 9.47 Å². The molecule has 0 aliphatic carbocycles. The van der Waals surface area contributed by atoms with Gasteiger partial charge < -0.3 is 9.47 Å². The highest BCUT2D eigenvalue weighted by molar-refractivity contribution is 5.63. The first-order valence-corrected chi connectivity index (χ1v) is 4.22. The van der Waals surface area contributed by atoms with Gasteiger partial charge in [0.2, 0.25) is 6.79 Å². The maximum absolute atomic E-state index is 13.1. The van der Waals surface area contributed by atoms with Crippen molar-refractivity contribution in [2.75, 3.05) is 6.79 Å². The second-order valence-corrected chi connectivity index (χ2v) is 3.10. The fourth-order valence-corrected chi connectivity index (χ4v) is 1.43. The monoisotopic (exact) mass is 196 g/mol. The summed E-state index contributed by atoms with van der Waals surface area (Å²) in [5.74, 6) is 1.10. The summed E-state index contributed by atoms with van der Waals surface area (Å²) in [6, 6.07) is 3.18. The molecule has 1 aromatic rings. The number of hydrogen-bond acceptors (Lipinski definition) is 3. The second kappa shape index (κ2) is 3.29. The highest BCUT2D eigenvalue weighted by atomic mass is 19.1. The topological polar surface area (TPSA) is 35.5 Å². The van der Waals surface area contributed by atoms with E-state index in [1.54, 1.807) is 13.0 Å². The molecule has 0 amide bonds. The number of halogens is 1. The molecular formula is C10H9FO3. The molecule has 1 aliphatic heterocycles. The number of rotatable bonds is 2. The van der Waals surface area contributed by atoms with E-state index >= 15 is 0 Å². The number of fused-ring (bicyclic) bond motifs is 1. The quantitative estimate of drug-likeness (QED) is 0.678. The molecule has 0 bridgehead atoms. The molecule has 1 aromatic carbocycles. The minimum absolute atomic E-state index is 0.149. The zero-order chi connectivity index (χ0) is 10.1. The molecule has 0 radical (unpaired) electrons. The number of carbonyl (C=O) groups is 1. The van der Waals surface area contributed by atoms with Crippen molar-refractivity contribution in [2.24, 2.45) is 0 Å². The van der Waals surface area contributed by atoms with Gasteiger partial charge in [-0.15, -0.1) is 0 Å². The van der Waals surface area contributed by atoms with Crippen LogP contribution in [0.4, 0.5) is 4.39 Å². The Bertz CT molecular complexity index is 376. The van der Waals surface area contributed by atoms with Crippen molar-refractivity contribution in [1.82, 2.24) is 0 Å². The van der Waals surface area contributed by atoms with Crippen molar-refractivity contribution in [3.05, 3.63) is 23.3 Å². The maximum Gasteiger partial charge on any atom is 0.231 e. The number of ether oxygens (including phenoxy) is 2. The molecule has 3 nitrogen and oxygen atoms in total. The second-order valence-electron chi connectivity index (χ2n) is 3.10. The molecule has 0 saturated carbocycles. The molecule has 0 N–H and O–H groups in total. The molecule has 4 heteroatoms. The molecule has 0 saturated heterocycles. The normalized spacial score (nSPS) is 15.3. The van der Waals surface area contributed by atoms with Crippen LogP contribution in [0.2, 0.25) is 0 Å². The van der Waals surface area contributed by atoms with Gasteiger partial charge in [-0.1, -0.05) is 0 Å². The zero-order valence-electron chi connectivity index (χ0n) is 7.62. The molecule has 0 aromatic heterocycles. The van der Waals surface area contributed by atoms with Crippen LogP contribution in [-0.2, 0) is 4.79 Å². The molecule has 1 aliphatic rings. The van der Waals surface area contributed by atoms with Crippen LogP contribution in [0.15, 0.2) is 12.1 Å². The van der Waals surface area contributed by atoms with E-state index in [0.29, 0.717) is 22.6 Å². The maximum atomic E-state index is 13.1. The number of benzene rings is 1. The van der Waals surface area contributed by atoms with Gasteiger partial charge in [0.25, 0.3) is 0 Å². The fourth-order valence-electron chi connectivity index (χ4n) is 1.43.